The molecule has 18 heavy (non-hydrogen) atoms. The molecule has 4 heteroatoms. The molecular formula is C14H17NO3. The predicted octanol–water partition coefficient (Wildman–Crippen LogP) is 3.22. The molecule has 0 saturated heterocycles. The van der Waals surface area contributed by atoms with E-state index in [1.54, 1.807) is 6.07 Å². The maximum Gasteiger partial charge on any atom is 0.335 e. The molecule has 1 rings (SSSR count). The number of hydrogen-bond donors (Lipinski definition) is 1. The van der Waals surface area contributed by atoms with E-state index in [0.717, 1.165) is 19.3 Å². The van der Waals surface area contributed by atoms with Crippen LogP contribution in [-0.4, -0.2) is 17.7 Å². The SMILES string of the molecule is CCCCCCOc1cc(C#N)cc(C(=O)O)c1. The summed E-state index contributed by atoms with van der Waals surface area (Å²) in [5.41, 5.74) is 0.385. The molecule has 0 radical (unpaired) electrons. The van der Waals surface area contributed by atoms with Gasteiger partial charge in [0.1, 0.15) is 5.75 Å². The Morgan fingerprint density at radius 1 is 1.33 bits per heavy atom. The second-order valence-electron chi connectivity index (χ2n) is 4.07. The first-order chi connectivity index (χ1) is 8.67. The van der Waals surface area contributed by atoms with Gasteiger partial charge in [-0.05, 0) is 24.6 Å². The fourth-order valence-corrected chi connectivity index (χ4v) is 1.59. The molecule has 96 valence electrons. The van der Waals surface area contributed by atoms with Crippen LogP contribution in [0, 0.1) is 11.3 Å². The number of carboxylic acids is 1. The number of unbranched alkanes of at least 4 members (excludes halogenated alkanes) is 3. The van der Waals surface area contributed by atoms with Crippen LogP contribution in [0.15, 0.2) is 18.2 Å². The van der Waals surface area contributed by atoms with E-state index in [4.69, 9.17) is 15.1 Å². The number of aromatic carboxylic acids is 1. The summed E-state index contributed by atoms with van der Waals surface area (Å²) in [6, 6.07) is 6.28. The maximum absolute atomic E-state index is 10.9. The van der Waals surface area contributed by atoms with E-state index in [0.29, 0.717) is 17.9 Å². The van der Waals surface area contributed by atoms with Crippen LogP contribution in [0.2, 0.25) is 0 Å². The van der Waals surface area contributed by atoms with Gasteiger partial charge in [-0.15, -0.1) is 0 Å². The molecule has 0 fully saturated rings. The van der Waals surface area contributed by atoms with E-state index in [1.165, 1.54) is 18.6 Å². The van der Waals surface area contributed by atoms with E-state index < -0.39 is 5.97 Å². The van der Waals surface area contributed by atoms with Crippen molar-refractivity contribution in [2.45, 2.75) is 32.6 Å². The minimum atomic E-state index is -1.05. The van der Waals surface area contributed by atoms with E-state index in [1.807, 2.05) is 6.07 Å². The zero-order valence-electron chi connectivity index (χ0n) is 10.5. The third-order valence-electron chi connectivity index (χ3n) is 2.55. The Hall–Kier alpha value is -2.02. The topological polar surface area (TPSA) is 70.3 Å². The van der Waals surface area contributed by atoms with Gasteiger partial charge < -0.3 is 9.84 Å². The summed E-state index contributed by atoms with van der Waals surface area (Å²) in [7, 11) is 0. The van der Waals surface area contributed by atoms with Gasteiger partial charge in [0.15, 0.2) is 0 Å². The third kappa shape index (κ3) is 4.46. The lowest BCUT2D eigenvalue weighted by molar-refractivity contribution is 0.0696. The van der Waals surface area contributed by atoms with Crippen molar-refractivity contribution < 1.29 is 14.6 Å². The van der Waals surface area contributed by atoms with Gasteiger partial charge in [0.2, 0.25) is 0 Å². The summed E-state index contributed by atoms with van der Waals surface area (Å²) >= 11 is 0. The Bertz CT molecular complexity index is 449. The molecule has 0 atom stereocenters. The van der Waals surface area contributed by atoms with Crippen molar-refractivity contribution in [3.63, 3.8) is 0 Å². The minimum Gasteiger partial charge on any atom is -0.494 e. The number of nitriles is 1. The highest BCUT2D eigenvalue weighted by Crippen LogP contribution is 2.17. The second kappa shape index (κ2) is 7.33. The summed E-state index contributed by atoms with van der Waals surface area (Å²) in [6.07, 6.45) is 4.36. The zero-order chi connectivity index (χ0) is 13.4. The van der Waals surface area contributed by atoms with Gasteiger partial charge in [-0.3, -0.25) is 0 Å². The highest BCUT2D eigenvalue weighted by molar-refractivity contribution is 5.88. The van der Waals surface area contributed by atoms with Crippen LogP contribution in [0.5, 0.6) is 5.75 Å². The Kier molecular flexibility index (Phi) is 5.72. The van der Waals surface area contributed by atoms with Crippen molar-refractivity contribution in [2.75, 3.05) is 6.61 Å². The maximum atomic E-state index is 10.9. The summed E-state index contributed by atoms with van der Waals surface area (Å²) in [4.78, 5) is 10.9. The van der Waals surface area contributed by atoms with Crippen LogP contribution < -0.4 is 4.74 Å². The largest absolute Gasteiger partial charge is 0.494 e. The van der Waals surface area contributed by atoms with Crippen molar-refractivity contribution in [2.24, 2.45) is 0 Å². The normalized spacial score (nSPS) is 9.78. The van der Waals surface area contributed by atoms with Crippen molar-refractivity contribution in [3.05, 3.63) is 29.3 Å². The fraction of sp³-hybridized carbons (Fsp3) is 0.429. The van der Waals surface area contributed by atoms with Gasteiger partial charge in [-0.2, -0.15) is 5.26 Å². The summed E-state index contributed by atoms with van der Waals surface area (Å²) in [5, 5.41) is 17.7. The number of nitrogens with zero attached hydrogens (tertiary/aromatic N) is 1. The van der Waals surface area contributed by atoms with E-state index in [-0.39, 0.29) is 5.56 Å². The smallest absolute Gasteiger partial charge is 0.335 e. The molecule has 0 aromatic heterocycles. The molecule has 0 aliphatic heterocycles. The first-order valence-electron chi connectivity index (χ1n) is 6.08. The van der Waals surface area contributed by atoms with E-state index in [2.05, 4.69) is 6.92 Å². The number of benzene rings is 1. The second-order valence-corrected chi connectivity index (χ2v) is 4.07. The molecule has 0 unspecified atom stereocenters. The highest BCUT2D eigenvalue weighted by atomic mass is 16.5. The third-order valence-corrected chi connectivity index (χ3v) is 2.55. The van der Waals surface area contributed by atoms with Gasteiger partial charge in [0, 0.05) is 0 Å². The van der Waals surface area contributed by atoms with Crippen LogP contribution >= 0.6 is 0 Å². The van der Waals surface area contributed by atoms with Gasteiger partial charge in [0.05, 0.1) is 23.8 Å². The van der Waals surface area contributed by atoms with Crippen molar-refractivity contribution in [1.82, 2.24) is 0 Å². The number of rotatable bonds is 7. The lowest BCUT2D eigenvalue weighted by atomic mass is 10.1. The molecule has 0 saturated carbocycles. The van der Waals surface area contributed by atoms with Crippen LogP contribution in [0.3, 0.4) is 0 Å². The molecule has 1 aromatic carbocycles. The summed E-state index contributed by atoms with van der Waals surface area (Å²) in [6.45, 7) is 2.68. The Labute approximate surface area is 107 Å². The van der Waals surface area contributed by atoms with Gasteiger partial charge in [0.25, 0.3) is 0 Å². The quantitative estimate of drug-likeness (QED) is 0.751. The first-order valence-corrected chi connectivity index (χ1v) is 6.08. The van der Waals surface area contributed by atoms with Crippen LogP contribution in [0.1, 0.15) is 48.5 Å². The van der Waals surface area contributed by atoms with Crippen molar-refractivity contribution in [1.29, 1.82) is 5.26 Å². The van der Waals surface area contributed by atoms with Crippen LogP contribution in [0.25, 0.3) is 0 Å². The Morgan fingerprint density at radius 3 is 2.72 bits per heavy atom. The molecular weight excluding hydrogens is 230 g/mol. The standard InChI is InChI=1S/C14H17NO3/c1-2-3-4-5-6-18-13-8-11(10-15)7-12(9-13)14(16)17/h7-9H,2-6H2,1H3,(H,16,17). The average Bonchev–Trinajstić information content (AvgIpc) is 2.38. The Morgan fingerprint density at radius 2 is 2.11 bits per heavy atom. The number of hydrogen-bond acceptors (Lipinski definition) is 3. The van der Waals surface area contributed by atoms with Gasteiger partial charge >= 0.3 is 5.97 Å². The average molecular weight is 247 g/mol. The molecule has 0 bridgehead atoms. The molecule has 1 aromatic rings. The van der Waals surface area contributed by atoms with Gasteiger partial charge in [-0.1, -0.05) is 26.2 Å². The monoisotopic (exact) mass is 247 g/mol. The predicted molar refractivity (Wildman–Crippen MR) is 67.8 cm³/mol. The minimum absolute atomic E-state index is 0.0811. The molecule has 1 N–H and O–H groups in total. The van der Waals surface area contributed by atoms with Crippen LogP contribution in [-0.2, 0) is 0 Å². The lowest BCUT2D eigenvalue weighted by Gasteiger charge is -2.07. The molecule has 0 spiro atoms. The molecule has 0 aliphatic rings. The van der Waals surface area contributed by atoms with E-state index >= 15 is 0 Å². The number of carboxylic acid groups (broad SMARTS) is 1. The first kappa shape index (κ1) is 14.0. The fourth-order valence-electron chi connectivity index (χ4n) is 1.59. The molecule has 0 amide bonds. The van der Waals surface area contributed by atoms with Crippen molar-refractivity contribution >= 4 is 5.97 Å². The van der Waals surface area contributed by atoms with E-state index in [9.17, 15) is 4.79 Å². The van der Waals surface area contributed by atoms with Crippen LogP contribution in [0.4, 0.5) is 0 Å². The summed E-state index contributed by atoms with van der Waals surface area (Å²) in [5.74, 6) is -0.606. The highest BCUT2D eigenvalue weighted by Gasteiger charge is 2.07. The van der Waals surface area contributed by atoms with Gasteiger partial charge in [-0.25, -0.2) is 4.79 Å². The number of ether oxygens (including phenoxy) is 1. The molecule has 4 nitrogen and oxygen atoms in total. The molecule has 0 heterocycles. The zero-order valence-corrected chi connectivity index (χ0v) is 10.5. The lowest BCUT2D eigenvalue weighted by Crippen LogP contribution is -2.01. The number of carbonyl (C=O) groups is 1. The Balaban J connectivity index is 2.62. The molecule has 0 aliphatic carbocycles. The summed E-state index contributed by atoms with van der Waals surface area (Å²) < 4.78 is 5.47. The van der Waals surface area contributed by atoms with Crippen molar-refractivity contribution in [3.8, 4) is 11.8 Å².